The van der Waals surface area contributed by atoms with E-state index in [1.807, 2.05) is 18.3 Å². The predicted molar refractivity (Wildman–Crippen MR) is 79.9 cm³/mol. The quantitative estimate of drug-likeness (QED) is 0.893. The molecule has 2 aromatic rings. The van der Waals surface area contributed by atoms with E-state index in [1.165, 1.54) is 0 Å². The van der Waals surface area contributed by atoms with Gasteiger partial charge in [0.2, 0.25) is 5.91 Å². The van der Waals surface area contributed by atoms with Crippen molar-refractivity contribution >= 4 is 11.7 Å². The minimum atomic E-state index is 0.0149. The monoisotopic (exact) mass is 285 g/mol. The van der Waals surface area contributed by atoms with Gasteiger partial charge in [-0.3, -0.25) is 9.78 Å². The molecule has 1 saturated carbocycles. The molecule has 2 atom stereocenters. The lowest BCUT2D eigenvalue weighted by Crippen LogP contribution is -2.29. The van der Waals surface area contributed by atoms with Crippen LogP contribution in [0.1, 0.15) is 19.3 Å². The molecule has 1 aliphatic rings. The Morgan fingerprint density at radius 3 is 2.90 bits per heavy atom. The van der Waals surface area contributed by atoms with E-state index in [9.17, 15) is 4.79 Å². The van der Waals surface area contributed by atoms with Gasteiger partial charge in [0.1, 0.15) is 0 Å². The molecule has 2 aromatic heterocycles. The largest absolute Gasteiger partial charge is 0.330 e. The van der Waals surface area contributed by atoms with Gasteiger partial charge in [-0.2, -0.15) is 5.10 Å². The van der Waals surface area contributed by atoms with Crippen LogP contribution in [0.4, 0.5) is 5.82 Å². The van der Waals surface area contributed by atoms with Gasteiger partial charge in [0, 0.05) is 30.6 Å². The molecule has 3 N–H and O–H groups in total. The van der Waals surface area contributed by atoms with Crippen molar-refractivity contribution < 1.29 is 4.79 Å². The molecule has 3 rings (SSSR count). The molecule has 1 aliphatic carbocycles. The van der Waals surface area contributed by atoms with Gasteiger partial charge in [0.15, 0.2) is 5.82 Å². The number of carbonyl (C=O) groups excluding carboxylic acids is 1. The molecule has 6 nitrogen and oxygen atoms in total. The molecule has 0 radical (unpaired) electrons. The third-order valence-corrected chi connectivity index (χ3v) is 4.07. The fraction of sp³-hybridized carbons (Fsp3) is 0.400. The Hall–Kier alpha value is -2.21. The second kappa shape index (κ2) is 6.05. The predicted octanol–water partition coefficient (Wildman–Crippen LogP) is 1.58. The number of nitrogens with two attached hydrogens (primary N) is 1. The normalized spacial score (nSPS) is 21.4. The summed E-state index contributed by atoms with van der Waals surface area (Å²) in [6, 6.07) is 5.52. The van der Waals surface area contributed by atoms with Crippen molar-refractivity contribution in [2.75, 3.05) is 11.9 Å². The van der Waals surface area contributed by atoms with Crippen LogP contribution in [0, 0.1) is 11.8 Å². The van der Waals surface area contributed by atoms with Crippen LogP contribution in [0.5, 0.6) is 0 Å². The Kier molecular flexibility index (Phi) is 3.96. The molecule has 110 valence electrons. The van der Waals surface area contributed by atoms with E-state index in [-0.39, 0.29) is 11.8 Å². The fourth-order valence-electron chi connectivity index (χ4n) is 2.91. The first-order valence-corrected chi connectivity index (χ1v) is 7.25. The van der Waals surface area contributed by atoms with Gasteiger partial charge in [0.05, 0.1) is 5.69 Å². The molecular weight excluding hydrogens is 266 g/mol. The van der Waals surface area contributed by atoms with E-state index in [0.717, 1.165) is 24.9 Å². The molecule has 1 amide bonds. The summed E-state index contributed by atoms with van der Waals surface area (Å²) >= 11 is 0. The third kappa shape index (κ3) is 2.95. The molecule has 0 spiro atoms. The van der Waals surface area contributed by atoms with Gasteiger partial charge in [-0.15, -0.1) is 0 Å². The number of nitrogens with zero attached hydrogens (tertiary/aromatic N) is 3. The number of hydrogen-bond donors (Lipinski definition) is 2. The smallest absolute Gasteiger partial charge is 0.229 e. The number of nitrogens with one attached hydrogen (secondary N) is 1. The van der Waals surface area contributed by atoms with Gasteiger partial charge >= 0.3 is 0 Å². The second-order valence-corrected chi connectivity index (χ2v) is 5.37. The van der Waals surface area contributed by atoms with E-state index in [2.05, 4.69) is 15.4 Å². The Labute approximate surface area is 123 Å². The number of pyridine rings is 1. The summed E-state index contributed by atoms with van der Waals surface area (Å²) in [5, 5.41) is 7.26. The molecule has 0 bridgehead atoms. The zero-order valence-electron chi connectivity index (χ0n) is 11.8. The van der Waals surface area contributed by atoms with Crippen molar-refractivity contribution in [2.45, 2.75) is 19.3 Å². The van der Waals surface area contributed by atoms with Crippen molar-refractivity contribution in [3.8, 4) is 5.69 Å². The number of aromatic nitrogens is 3. The zero-order chi connectivity index (χ0) is 14.7. The van der Waals surface area contributed by atoms with E-state index >= 15 is 0 Å². The van der Waals surface area contributed by atoms with Gasteiger partial charge in [-0.25, -0.2) is 4.68 Å². The molecule has 21 heavy (non-hydrogen) atoms. The van der Waals surface area contributed by atoms with Gasteiger partial charge in [0.25, 0.3) is 0 Å². The highest BCUT2D eigenvalue weighted by Gasteiger charge is 2.32. The molecule has 2 heterocycles. The Morgan fingerprint density at radius 1 is 1.33 bits per heavy atom. The van der Waals surface area contributed by atoms with Gasteiger partial charge in [-0.1, -0.05) is 6.42 Å². The highest BCUT2D eigenvalue weighted by atomic mass is 16.2. The van der Waals surface area contributed by atoms with Crippen LogP contribution in [0.15, 0.2) is 36.8 Å². The van der Waals surface area contributed by atoms with Crippen LogP contribution < -0.4 is 11.1 Å². The van der Waals surface area contributed by atoms with E-state index in [4.69, 9.17) is 5.73 Å². The van der Waals surface area contributed by atoms with Crippen LogP contribution in [-0.4, -0.2) is 27.2 Å². The Morgan fingerprint density at radius 2 is 2.14 bits per heavy atom. The van der Waals surface area contributed by atoms with Crippen molar-refractivity contribution in [2.24, 2.45) is 17.6 Å². The van der Waals surface area contributed by atoms with Crippen LogP contribution >= 0.6 is 0 Å². The average Bonchev–Trinajstić information content (AvgIpc) is 3.16. The van der Waals surface area contributed by atoms with Gasteiger partial charge in [-0.05, 0) is 37.4 Å². The summed E-state index contributed by atoms with van der Waals surface area (Å²) in [5.41, 5.74) is 6.64. The molecular formula is C15H19N5O. The summed E-state index contributed by atoms with van der Waals surface area (Å²) in [7, 11) is 0. The summed E-state index contributed by atoms with van der Waals surface area (Å²) in [4.78, 5) is 16.3. The first-order valence-electron chi connectivity index (χ1n) is 7.25. The highest BCUT2D eigenvalue weighted by molar-refractivity contribution is 5.92. The molecule has 0 aliphatic heterocycles. The van der Waals surface area contributed by atoms with E-state index < -0.39 is 0 Å². The minimum absolute atomic E-state index is 0.0149. The van der Waals surface area contributed by atoms with Gasteiger partial charge < -0.3 is 11.1 Å². The molecule has 0 saturated heterocycles. The average molecular weight is 285 g/mol. The third-order valence-electron chi connectivity index (χ3n) is 4.07. The van der Waals surface area contributed by atoms with Crippen molar-refractivity contribution in [3.63, 3.8) is 0 Å². The number of hydrogen-bond acceptors (Lipinski definition) is 4. The Bertz CT molecular complexity index is 610. The van der Waals surface area contributed by atoms with Crippen molar-refractivity contribution in [1.29, 1.82) is 0 Å². The van der Waals surface area contributed by atoms with Crippen molar-refractivity contribution in [1.82, 2.24) is 14.8 Å². The summed E-state index contributed by atoms with van der Waals surface area (Å²) in [6.45, 7) is 0.573. The molecule has 6 heteroatoms. The topological polar surface area (TPSA) is 85.8 Å². The first-order chi connectivity index (χ1) is 10.3. The lowest BCUT2D eigenvalue weighted by molar-refractivity contribution is -0.120. The molecule has 0 aromatic carbocycles. The number of rotatable bonds is 4. The number of anilines is 1. The first kappa shape index (κ1) is 13.8. The Balaban J connectivity index is 1.69. The number of carbonyl (C=O) groups is 1. The van der Waals surface area contributed by atoms with E-state index in [0.29, 0.717) is 18.3 Å². The molecule has 0 unspecified atom stereocenters. The maximum absolute atomic E-state index is 12.3. The van der Waals surface area contributed by atoms with Crippen LogP contribution in [0.3, 0.4) is 0 Å². The van der Waals surface area contributed by atoms with Crippen molar-refractivity contribution in [3.05, 3.63) is 36.8 Å². The molecule has 1 fully saturated rings. The van der Waals surface area contributed by atoms with E-state index in [1.54, 1.807) is 23.1 Å². The maximum Gasteiger partial charge on any atom is 0.229 e. The maximum atomic E-state index is 12.3. The van der Waals surface area contributed by atoms with Crippen LogP contribution in [0.25, 0.3) is 5.69 Å². The standard InChI is InChI=1S/C15H19N5O/c16-10-11-2-1-3-13(11)15(21)18-14-6-9-20(19-14)12-4-7-17-8-5-12/h4-9,11,13H,1-3,10,16H2,(H,18,19,21)/t11-,13-/m1/s1. The summed E-state index contributed by atoms with van der Waals surface area (Å²) < 4.78 is 1.71. The fourth-order valence-corrected chi connectivity index (χ4v) is 2.91. The highest BCUT2D eigenvalue weighted by Crippen LogP contribution is 2.31. The number of amides is 1. The summed E-state index contributed by atoms with van der Waals surface area (Å²) in [6.07, 6.45) is 8.27. The zero-order valence-corrected chi connectivity index (χ0v) is 11.8. The lowest BCUT2D eigenvalue weighted by atomic mass is 9.95. The summed E-state index contributed by atoms with van der Waals surface area (Å²) in [5.74, 6) is 0.913. The SMILES string of the molecule is NC[C@H]1CCC[C@H]1C(=O)Nc1ccn(-c2ccncc2)n1. The van der Waals surface area contributed by atoms with Crippen LogP contribution in [-0.2, 0) is 4.79 Å². The lowest BCUT2D eigenvalue weighted by Gasteiger charge is -2.16. The minimum Gasteiger partial charge on any atom is -0.330 e. The second-order valence-electron chi connectivity index (χ2n) is 5.37. The van der Waals surface area contributed by atoms with Crippen LogP contribution in [0.2, 0.25) is 0 Å².